The van der Waals surface area contributed by atoms with Gasteiger partial charge in [-0.2, -0.15) is 0 Å². The number of aliphatic carboxylic acids is 1. The fourth-order valence-corrected chi connectivity index (χ4v) is 1.94. The zero-order valence-electron chi connectivity index (χ0n) is 10.7. The minimum absolute atomic E-state index is 0.218. The predicted molar refractivity (Wildman–Crippen MR) is 64.0 cm³/mol. The van der Waals surface area contributed by atoms with Crippen LogP contribution in [0, 0.1) is 11.8 Å². The van der Waals surface area contributed by atoms with Gasteiger partial charge in [0.1, 0.15) is 0 Å². The molecule has 0 aromatic heterocycles. The smallest absolute Gasteiger partial charge is 0.306 e. The number of methoxy groups -OCH3 is 1. The number of hydrogen-bond donors (Lipinski definition) is 1. The molecule has 1 aliphatic rings. The molecule has 100 valence electrons. The lowest BCUT2D eigenvalue weighted by Crippen LogP contribution is -2.51. The van der Waals surface area contributed by atoms with Gasteiger partial charge < -0.3 is 19.5 Å². The largest absolute Gasteiger partial charge is 0.481 e. The third kappa shape index (κ3) is 5.02. The van der Waals surface area contributed by atoms with Crippen molar-refractivity contribution in [3.63, 3.8) is 0 Å². The van der Waals surface area contributed by atoms with Crippen molar-refractivity contribution in [2.75, 3.05) is 46.6 Å². The van der Waals surface area contributed by atoms with E-state index in [1.165, 1.54) is 0 Å². The quantitative estimate of drug-likeness (QED) is 0.606. The first kappa shape index (κ1) is 14.4. The van der Waals surface area contributed by atoms with E-state index in [1.54, 1.807) is 14.0 Å². The Hall–Kier alpha value is -0.650. The summed E-state index contributed by atoms with van der Waals surface area (Å²) in [5, 5.41) is 8.85. The standard InChI is InChI=1S/C12H23NO4/c1-10(12(14)15)11-8-13(9-11)4-3-5-17-7-6-16-2/h10-11H,3-9H2,1-2H3,(H,14,15). The Bertz CT molecular complexity index is 229. The van der Waals surface area contributed by atoms with Crippen molar-refractivity contribution >= 4 is 5.97 Å². The predicted octanol–water partition coefficient (Wildman–Crippen LogP) is 0.692. The zero-order valence-corrected chi connectivity index (χ0v) is 10.7. The highest BCUT2D eigenvalue weighted by atomic mass is 16.5. The van der Waals surface area contributed by atoms with Crippen molar-refractivity contribution in [2.24, 2.45) is 11.8 Å². The second kappa shape index (κ2) is 7.63. The second-order valence-electron chi connectivity index (χ2n) is 4.61. The molecule has 0 aromatic carbocycles. The summed E-state index contributed by atoms with van der Waals surface area (Å²) in [5.41, 5.74) is 0. The van der Waals surface area contributed by atoms with Crippen molar-refractivity contribution in [2.45, 2.75) is 13.3 Å². The molecule has 1 rings (SSSR count). The summed E-state index contributed by atoms with van der Waals surface area (Å²) in [6.07, 6.45) is 0.998. The lowest BCUT2D eigenvalue weighted by atomic mass is 9.87. The maximum absolute atomic E-state index is 10.8. The van der Waals surface area contributed by atoms with Gasteiger partial charge in [-0.05, 0) is 12.3 Å². The fraction of sp³-hybridized carbons (Fsp3) is 0.917. The lowest BCUT2D eigenvalue weighted by molar-refractivity contribution is -0.145. The molecule has 0 amide bonds. The van der Waals surface area contributed by atoms with Gasteiger partial charge in [0.2, 0.25) is 0 Å². The first-order chi connectivity index (χ1) is 8.15. The van der Waals surface area contributed by atoms with Crippen LogP contribution in [0.5, 0.6) is 0 Å². The van der Waals surface area contributed by atoms with Crippen LogP contribution in [0.15, 0.2) is 0 Å². The van der Waals surface area contributed by atoms with E-state index in [0.29, 0.717) is 19.1 Å². The molecule has 0 spiro atoms. The van der Waals surface area contributed by atoms with Crippen molar-refractivity contribution < 1.29 is 19.4 Å². The van der Waals surface area contributed by atoms with Crippen LogP contribution in [0.25, 0.3) is 0 Å². The monoisotopic (exact) mass is 245 g/mol. The molecule has 1 unspecified atom stereocenters. The number of nitrogens with zero attached hydrogens (tertiary/aromatic N) is 1. The normalized spacial score (nSPS) is 18.9. The number of carbonyl (C=O) groups is 1. The number of ether oxygens (including phenoxy) is 2. The number of rotatable bonds is 9. The zero-order chi connectivity index (χ0) is 12.7. The van der Waals surface area contributed by atoms with Gasteiger partial charge in [-0.25, -0.2) is 0 Å². The Morgan fingerprint density at radius 3 is 2.71 bits per heavy atom. The fourth-order valence-electron chi connectivity index (χ4n) is 1.94. The van der Waals surface area contributed by atoms with E-state index in [2.05, 4.69) is 4.90 Å². The Morgan fingerprint density at radius 2 is 2.12 bits per heavy atom. The summed E-state index contributed by atoms with van der Waals surface area (Å²) in [6, 6.07) is 0. The number of carboxylic acids is 1. The van der Waals surface area contributed by atoms with Crippen molar-refractivity contribution in [3.05, 3.63) is 0 Å². The molecule has 0 aromatic rings. The lowest BCUT2D eigenvalue weighted by Gasteiger charge is -2.41. The van der Waals surface area contributed by atoms with Gasteiger partial charge in [0.15, 0.2) is 0 Å². The van der Waals surface area contributed by atoms with Gasteiger partial charge in [-0.3, -0.25) is 4.79 Å². The van der Waals surface area contributed by atoms with E-state index in [9.17, 15) is 4.79 Å². The van der Waals surface area contributed by atoms with Crippen LogP contribution >= 0.6 is 0 Å². The van der Waals surface area contributed by atoms with E-state index in [-0.39, 0.29) is 5.92 Å². The molecule has 0 bridgehead atoms. The molecule has 1 saturated heterocycles. The van der Waals surface area contributed by atoms with Crippen LogP contribution in [-0.2, 0) is 14.3 Å². The minimum Gasteiger partial charge on any atom is -0.481 e. The average molecular weight is 245 g/mol. The third-order valence-electron chi connectivity index (χ3n) is 3.28. The maximum Gasteiger partial charge on any atom is 0.306 e. The summed E-state index contributed by atoms with van der Waals surface area (Å²) in [6.45, 7) is 6.64. The summed E-state index contributed by atoms with van der Waals surface area (Å²) in [4.78, 5) is 13.0. The van der Waals surface area contributed by atoms with Crippen LogP contribution < -0.4 is 0 Å². The van der Waals surface area contributed by atoms with Gasteiger partial charge in [-0.1, -0.05) is 6.92 Å². The Labute approximate surface area is 103 Å². The first-order valence-corrected chi connectivity index (χ1v) is 6.17. The highest BCUT2D eigenvalue weighted by Gasteiger charge is 2.33. The van der Waals surface area contributed by atoms with Crippen LogP contribution in [0.4, 0.5) is 0 Å². The van der Waals surface area contributed by atoms with Crippen LogP contribution in [0.3, 0.4) is 0 Å². The summed E-state index contributed by atoms with van der Waals surface area (Å²) in [7, 11) is 1.66. The number of carboxylic acid groups (broad SMARTS) is 1. The molecule has 1 heterocycles. The molecule has 1 fully saturated rings. The molecule has 5 nitrogen and oxygen atoms in total. The highest BCUT2D eigenvalue weighted by molar-refractivity contribution is 5.70. The molecule has 0 aliphatic carbocycles. The molecule has 5 heteroatoms. The molecule has 1 aliphatic heterocycles. The maximum atomic E-state index is 10.8. The van der Waals surface area contributed by atoms with Crippen LogP contribution in [0.1, 0.15) is 13.3 Å². The summed E-state index contributed by atoms with van der Waals surface area (Å²) < 4.78 is 10.2. The van der Waals surface area contributed by atoms with E-state index < -0.39 is 5.97 Å². The summed E-state index contributed by atoms with van der Waals surface area (Å²) in [5.74, 6) is -0.580. The molecule has 1 atom stereocenters. The molecule has 1 N–H and O–H groups in total. The Balaban J connectivity index is 1.93. The molecular weight excluding hydrogens is 222 g/mol. The van der Waals surface area contributed by atoms with Gasteiger partial charge in [0.25, 0.3) is 0 Å². The van der Waals surface area contributed by atoms with Gasteiger partial charge in [-0.15, -0.1) is 0 Å². The van der Waals surface area contributed by atoms with E-state index >= 15 is 0 Å². The second-order valence-corrected chi connectivity index (χ2v) is 4.61. The van der Waals surface area contributed by atoms with Gasteiger partial charge >= 0.3 is 5.97 Å². The topological polar surface area (TPSA) is 59.0 Å². The van der Waals surface area contributed by atoms with Crippen molar-refractivity contribution in [1.82, 2.24) is 4.90 Å². The van der Waals surface area contributed by atoms with Gasteiger partial charge in [0, 0.05) is 33.4 Å². The van der Waals surface area contributed by atoms with Crippen molar-refractivity contribution in [1.29, 1.82) is 0 Å². The van der Waals surface area contributed by atoms with E-state index in [4.69, 9.17) is 14.6 Å². The van der Waals surface area contributed by atoms with Crippen molar-refractivity contribution in [3.8, 4) is 0 Å². The molecule has 17 heavy (non-hydrogen) atoms. The molecular formula is C12H23NO4. The van der Waals surface area contributed by atoms with Crippen LogP contribution in [-0.4, -0.2) is 62.5 Å². The molecule has 0 saturated carbocycles. The first-order valence-electron chi connectivity index (χ1n) is 6.17. The van der Waals surface area contributed by atoms with Crippen LogP contribution in [0.2, 0.25) is 0 Å². The highest BCUT2D eigenvalue weighted by Crippen LogP contribution is 2.23. The molecule has 0 radical (unpaired) electrons. The summed E-state index contributed by atoms with van der Waals surface area (Å²) >= 11 is 0. The number of hydrogen-bond acceptors (Lipinski definition) is 4. The Kier molecular flexibility index (Phi) is 6.47. The van der Waals surface area contributed by atoms with E-state index in [1.807, 2.05) is 0 Å². The van der Waals surface area contributed by atoms with E-state index in [0.717, 1.165) is 32.7 Å². The SMILES string of the molecule is COCCOCCCN1CC(C(C)C(=O)O)C1. The third-order valence-corrected chi connectivity index (χ3v) is 3.28. The Morgan fingerprint density at radius 1 is 1.41 bits per heavy atom. The minimum atomic E-state index is -0.683. The van der Waals surface area contributed by atoms with Gasteiger partial charge in [0.05, 0.1) is 19.1 Å². The number of likely N-dealkylation sites (tertiary alicyclic amines) is 1. The average Bonchev–Trinajstić information content (AvgIpc) is 2.24.